The summed E-state index contributed by atoms with van der Waals surface area (Å²) in [6.45, 7) is 3.44. The van der Waals surface area contributed by atoms with Gasteiger partial charge in [-0.15, -0.1) is 0 Å². The van der Waals surface area contributed by atoms with Crippen molar-refractivity contribution in [2.45, 2.75) is 51.0 Å². The van der Waals surface area contributed by atoms with Crippen LogP contribution in [0, 0.1) is 5.92 Å². The molecule has 2 heteroatoms. The standard InChI is InChI=1S/C12H23NO/c1-2-4-12(3-1)14-10-7-11-5-8-13-9-6-11/h11-13H,1-10H2. The van der Waals surface area contributed by atoms with Gasteiger partial charge < -0.3 is 10.1 Å². The van der Waals surface area contributed by atoms with Crippen LogP contribution < -0.4 is 5.32 Å². The van der Waals surface area contributed by atoms with Gasteiger partial charge in [0.2, 0.25) is 0 Å². The number of rotatable bonds is 4. The van der Waals surface area contributed by atoms with E-state index in [-0.39, 0.29) is 0 Å². The van der Waals surface area contributed by atoms with Crippen molar-refractivity contribution in [2.75, 3.05) is 19.7 Å². The number of nitrogens with one attached hydrogen (secondary N) is 1. The van der Waals surface area contributed by atoms with E-state index in [1.807, 2.05) is 0 Å². The summed E-state index contributed by atoms with van der Waals surface area (Å²) in [5.41, 5.74) is 0. The first-order valence-corrected chi connectivity index (χ1v) is 6.27. The summed E-state index contributed by atoms with van der Waals surface area (Å²) in [5, 5.41) is 3.41. The fraction of sp³-hybridized carbons (Fsp3) is 1.00. The molecule has 0 aromatic heterocycles. The van der Waals surface area contributed by atoms with E-state index in [1.54, 1.807) is 0 Å². The summed E-state index contributed by atoms with van der Waals surface area (Å²) in [7, 11) is 0. The highest BCUT2D eigenvalue weighted by Crippen LogP contribution is 2.22. The molecule has 1 N–H and O–H groups in total. The molecule has 2 aliphatic rings. The summed E-state index contributed by atoms with van der Waals surface area (Å²) in [4.78, 5) is 0. The summed E-state index contributed by atoms with van der Waals surface area (Å²) in [5.74, 6) is 0.928. The molecule has 1 aliphatic heterocycles. The second-order valence-electron chi connectivity index (χ2n) is 4.76. The quantitative estimate of drug-likeness (QED) is 0.747. The molecule has 2 nitrogen and oxygen atoms in total. The second-order valence-corrected chi connectivity index (χ2v) is 4.76. The van der Waals surface area contributed by atoms with E-state index in [0.29, 0.717) is 6.10 Å². The van der Waals surface area contributed by atoms with E-state index in [2.05, 4.69) is 5.32 Å². The molecule has 0 aromatic rings. The average molecular weight is 197 g/mol. The fourth-order valence-electron chi connectivity index (χ4n) is 2.63. The predicted octanol–water partition coefficient (Wildman–Crippen LogP) is 2.34. The van der Waals surface area contributed by atoms with Crippen molar-refractivity contribution in [1.29, 1.82) is 0 Å². The first-order chi connectivity index (χ1) is 6.95. The third-order valence-corrected chi connectivity index (χ3v) is 3.64. The number of piperidine rings is 1. The van der Waals surface area contributed by atoms with Gasteiger partial charge in [-0.2, -0.15) is 0 Å². The van der Waals surface area contributed by atoms with Gasteiger partial charge in [0.1, 0.15) is 0 Å². The van der Waals surface area contributed by atoms with Gasteiger partial charge in [0.25, 0.3) is 0 Å². The highest BCUT2D eigenvalue weighted by atomic mass is 16.5. The maximum atomic E-state index is 5.89. The molecule has 0 atom stereocenters. The molecule has 1 saturated carbocycles. The molecular weight excluding hydrogens is 174 g/mol. The third kappa shape index (κ3) is 3.25. The lowest BCUT2D eigenvalue weighted by molar-refractivity contribution is 0.0469. The topological polar surface area (TPSA) is 21.3 Å². The molecule has 0 radical (unpaired) electrons. The molecule has 14 heavy (non-hydrogen) atoms. The van der Waals surface area contributed by atoms with Gasteiger partial charge in [-0.05, 0) is 51.1 Å². The molecule has 1 heterocycles. The van der Waals surface area contributed by atoms with Crippen LogP contribution in [0.3, 0.4) is 0 Å². The smallest absolute Gasteiger partial charge is 0.0575 e. The second kappa shape index (κ2) is 5.72. The highest BCUT2D eigenvalue weighted by molar-refractivity contribution is 4.70. The first-order valence-electron chi connectivity index (χ1n) is 6.27. The Labute approximate surface area is 87.4 Å². The SMILES string of the molecule is C1CCC(OCCC2CCNCC2)C1. The van der Waals surface area contributed by atoms with Gasteiger partial charge in [-0.25, -0.2) is 0 Å². The summed E-state index contributed by atoms with van der Waals surface area (Å²) >= 11 is 0. The Hall–Kier alpha value is -0.0800. The Morgan fingerprint density at radius 3 is 2.43 bits per heavy atom. The van der Waals surface area contributed by atoms with Crippen molar-refractivity contribution in [1.82, 2.24) is 5.32 Å². The third-order valence-electron chi connectivity index (χ3n) is 3.64. The average Bonchev–Trinajstić information content (AvgIpc) is 2.72. The normalized spacial score (nSPS) is 25.7. The van der Waals surface area contributed by atoms with Crippen LogP contribution in [-0.2, 0) is 4.74 Å². The minimum atomic E-state index is 0.608. The Kier molecular flexibility index (Phi) is 4.26. The molecule has 0 spiro atoms. The van der Waals surface area contributed by atoms with Crippen LogP contribution in [0.2, 0.25) is 0 Å². The van der Waals surface area contributed by atoms with Crippen molar-refractivity contribution in [3.63, 3.8) is 0 Å². The van der Waals surface area contributed by atoms with Crippen molar-refractivity contribution >= 4 is 0 Å². The van der Waals surface area contributed by atoms with Crippen LogP contribution >= 0.6 is 0 Å². The Morgan fingerprint density at radius 1 is 1.00 bits per heavy atom. The Morgan fingerprint density at radius 2 is 1.71 bits per heavy atom. The van der Waals surface area contributed by atoms with Crippen LogP contribution in [0.5, 0.6) is 0 Å². The number of hydrogen-bond donors (Lipinski definition) is 1. The van der Waals surface area contributed by atoms with Crippen LogP contribution in [0.4, 0.5) is 0 Å². The maximum Gasteiger partial charge on any atom is 0.0575 e. The van der Waals surface area contributed by atoms with Gasteiger partial charge >= 0.3 is 0 Å². The Balaban J connectivity index is 1.52. The van der Waals surface area contributed by atoms with Crippen LogP contribution in [0.15, 0.2) is 0 Å². The van der Waals surface area contributed by atoms with E-state index >= 15 is 0 Å². The van der Waals surface area contributed by atoms with Crippen LogP contribution in [-0.4, -0.2) is 25.8 Å². The minimum absolute atomic E-state index is 0.608. The van der Waals surface area contributed by atoms with Crippen LogP contribution in [0.1, 0.15) is 44.9 Å². The van der Waals surface area contributed by atoms with Crippen molar-refractivity contribution in [2.24, 2.45) is 5.92 Å². The first kappa shape index (κ1) is 10.4. The minimum Gasteiger partial charge on any atom is -0.378 e. The highest BCUT2D eigenvalue weighted by Gasteiger charge is 2.17. The molecule has 0 amide bonds. The lowest BCUT2D eigenvalue weighted by Crippen LogP contribution is -2.28. The maximum absolute atomic E-state index is 5.89. The summed E-state index contributed by atoms with van der Waals surface area (Å²) in [6, 6.07) is 0. The van der Waals surface area contributed by atoms with E-state index < -0.39 is 0 Å². The van der Waals surface area contributed by atoms with E-state index in [4.69, 9.17) is 4.74 Å². The van der Waals surface area contributed by atoms with Crippen LogP contribution in [0.25, 0.3) is 0 Å². The monoisotopic (exact) mass is 197 g/mol. The molecule has 82 valence electrons. The zero-order chi connectivity index (χ0) is 9.64. The predicted molar refractivity (Wildman–Crippen MR) is 58.4 cm³/mol. The lowest BCUT2D eigenvalue weighted by atomic mass is 9.95. The van der Waals surface area contributed by atoms with Crippen molar-refractivity contribution < 1.29 is 4.74 Å². The van der Waals surface area contributed by atoms with Crippen molar-refractivity contribution in [3.8, 4) is 0 Å². The molecule has 0 bridgehead atoms. The van der Waals surface area contributed by atoms with E-state index in [9.17, 15) is 0 Å². The Bertz CT molecular complexity index is 148. The fourth-order valence-corrected chi connectivity index (χ4v) is 2.63. The summed E-state index contributed by atoms with van der Waals surface area (Å²) < 4.78 is 5.89. The molecule has 0 unspecified atom stereocenters. The zero-order valence-electron chi connectivity index (χ0n) is 9.13. The number of hydrogen-bond acceptors (Lipinski definition) is 2. The van der Waals surface area contributed by atoms with Crippen molar-refractivity contribution in [3.05, 3.63) is 0 Å². The molecule has 1 saturated heterocycles. The van der Waals surface area contributed by atoms with Gasteiger partial charge in [0.05, 0.1) is 6.10 Å². The van der Waals surface area contributed by atoms with Gasteiger partial charge in [-0.1, -0.05) is 12.8 Å². The molecule has 1 aliphatic carbocycles. The van der Waals surface area contributed by atoms with Gasteiger partial charge in [0.15, 0.2) is 0 Å². The van der Waals surface area contributed by atoms with Gasteiger partial charge in [-0.3, -0.25) is 0 Å². The van der Waals surface area contributed by atoms with E-state index in [0.717, 1.165) is 12.5 Å². The lowest BCUT2D eigenvalue weighted by Gasteiger charge is -2.23. The summed E-state index contributed by atoms with van der Waals surface area (Å²) in [6.07, 6.45) is 10.0. The molecule has 2 fully saturated rings. The molecule has 2 rings (SSSR count). The van der Waals surface area contributed by atoms with E-state index in [1.165, 1.54) is 58.0 Å². The molecule has 0 aromatic carbocycles. The van der Waals surface area contributed by atoms with Gasteiger partial charge in [0, 0.05) is 6.61 Å². The zero-order valence-corrected chi connectivity index (χ0v) is 9.13. The molecular formula is C12H23NO. The number of ether oxygens (including phenoxy) is 1. The largest absolute Gasteiger partial charge is 0.378 e.